The Balaban J connectivity index is 1.49. The molecular formula is C27H29ClFN5O4. The van der Waals surface area contributed by atoms with E-state index >= 15 is 0 Å². The summed E-state index contributed by atoms with van der Waals surface area (Å²) in [5.41, 5.74) is 1.34. The second kappa shape index (κ2) is 11.7. The van der Waals surface area contributed by atoms with Crippen LogP contribution in [0.5, 0.6) is 5.75 Å². The minimum atomic E-state index is -0.525. The van der Waals surface area contributed by atoms with Crippen molar-refractivity contribution in [2.75, 3.05) is 36.9 Å². The quantitative estimate of drug-likeness (QED) is 0.208. The molecular weight excluding hydrogens is 513 g/mol. The molecule has 0 aliphatic carbocycles. The largest absolute Gasteiger partial charge is 0.491 e. The van der Waals surface area contributed by atoms with Crippen LogP contribution >= 0.6 is 11.6 Å². The minimum Gasteiger partial charge on any atom is -0.491 e. The number of nitrogens with zero attached hydrogens (tertiary/aromatic N) is 3. The zero-order valence-electron chi connectivity index (χ0n) is 21.2. The normalized spacial score (nSPS) is 15.1. The van der Waals surface area contributed by atoms with Gasteiger partial charge in [-0.2, -0.15) is 0 Å². The lowest BCUT2D eigenvalue weighted by molar-refractivity contribution is -0.160. The first-order valence-corrected chi connectivity index (χ1v) is 12.5. The Morgan fingerprint density at radius 1 is 1.29 bits per heavy atom. The predicted molar refractivity (Wildman–Crippen MR) is 144 cm³/mol. The van der Waals surface area contributed by atoms with Gasteiger partial charge in [-0.3, -0.25) is 14.5 Å². The molecule has 0 unspecified atom stereocenters. The Hall–Kier alpha value is -3.76. The Labute approximate surface area is 225 Å². The molecule has 0 saturated carbocycles. The third-order valence-electron chi connectivity index (χ3n) is 6.20. The average molecular weight is 542 g/mol. The van der Waals surface area contributed by atoms with E-state index < -0.39 is 11.7 Å². The highest BCUT2D eigenvalue weighted by molar-refractivity contribution is 6.31. The fourth-order valence-corrected chi connectivity index (χ4v) is 4.21. The van der Waals surface area contributed by atoms with Crippen molar-refractivity contribution in [2.45, 2.75) is 32.2 Å². The number of fused-ring (bicyclic) bond motifs is 1. The van der Waals surface area contributed by atoms with E-state index in [1.165, 1.54) is 24.5 Å². The Morgan fingerprint density at radius 2 is 2.11 bits per heavy atom. The second-order valence-corrected chi connectivity index (χ2v) is 9.89. The number of ether oxygens (including phenoxy) is 2. The van der Waals surface area contributed by atoms with Crippen molar-refractivity contribution in [3.8, 4) is 5.75 Å². The van der Waals surface area contributed by atoms with E-state index in [0.29, 0.717) is 47.1 Å². The van der Waals surface area contributed by atoms with Crippen molar-refractivity contribution in [2.24, 2.45) is 0 Å². The van der Waals surface area contributed by atoms with Gasteiger partial charge in [-0.15, -0.1) is 0 Å². The molecule has 1 aliphatic heterocycles. The molecule has 9 nitrogen and oxygen atoms in total. The van der Waals surface area contributed by atoms with Crippen LogP contribution in [-0.2, 0) is 14.3 Å². The van der Waals surface area contributed by atoms with Gasteiger partial charge < -0.3 is 20.1 Å². The molecule has 1 fully saturated rings. The molecule has 3 aromatic rings. The van der Waals surface area contributed by atoms with Crippen molar-refractivity contribution < 1.29 is 23.5 Å². The highest BCUT2D eigenvalue weighted by Gasteiger charge is 2.34. The zero-order chi connectivity index (χ0) is 27.3. The summed E-state index contributed by atoms with van der Waals surface area (Å²) in [6.45, 7) is 9.39. The molecule has 1 amide bonds. The maximum atomic E-state index is 13.6. The van der Waals surface area contributed by atoms with E-state index in [9.17, 15) is 14.0 Å². The number of nitrogens with one attached hydrogen (secondary N) is 2. The molecule has 0 bridgehead atoms. The summed E-state index contributed by atoms with van der Waals surface area (Å²) in [5, 5.41) is 6.48. The van der Waals surface area contributed by atoms with Crippen LogP contribution in [0.15, 0.2) is 49.3 Å². The molecule has 0 radical (unpaired) electrons. The predicted octanol–water partition coefficient (Wildman–Crippen LogP) is 5.09. The van der Waals surface area contributed by atoms with Crippen LogP contribution in [0.3, 0.4) is 0 Å². The summed E-state index contributed by atoms with van der Waals surface area (Å²) in [7, 11) is 0. The van der Waals surface area contributed by atoms with Gasteiger partial charge in [0.05, 0.1) is 34.9 Å². The number of hydrogen-bond acceptors (Lipinski definition) is 8. The van der Waals surface area contributed by atoms with Crippen LogP contribution in [0, 0.1) is 5.82 Å². The highest BCUT2D eigenvalue weighted by atomic mass is 35.5. The Kier molecular flexibility index (Phi) is 8.43. The molecule has 1 aromatic heterocycles. The molecule has 2 aromatic carbocycles. The van der Waals surface area contributed by atoms with Gasteiger partial charge in [-0.25, -0.2) is 14.4 Å². The van der Waals surface area contributed by atoms with Gasteiger partial charge in [0.2, 0.25) is 5.91 Å². The first-order chi connectivity index (χ1) is 18.2. The molecule has 1 aliphatic rings. The lowest BCUT2D eigenvalue weighted by atomic mass is 10.0. The van der Waals surface area contributed by atoms with E-state index in [-0.39, 0.29) is 23.1 Å². The van der Waals surface area contributed by atoms with Gasteiger partial charge in [0.1, 0.15) is 30.3 Å². The average Bonchev–Trinajstić information content (AvgIpc) is 2.88. The number of halogens is 2. The maximum absolute atomic E-state index is 13.6. The summed E-state index contributed by atoms with van der Waals surface area (Å²) in [6.07, 6.45) is 4.11. The van der Waals surface area contributed by atoms with E-state index in [1.54, 1.807) is 18.2 Å². The van der Waals surface area contributed by atoms with E-state index in [0.717, 1.165) is 19.4 Å². The molecule has 1 saturated heterocycles. The van der Waals surface area contributed by atoms with Gasteiger partial charge in [0.25, 0.3) is 0 Å². The van der Waals surface area contributed by atoms with E-state index in [1.807, 2.05) is 0 Å². The first kappa shape index (κ1) is 27.3. The smallest absolute Gasteiger partial charge is 0.320 e. The Morgan fingerprint density at radius 3 is 2.87 bits per heavy atom. The number of morpholine rings is 1. The fourth-order valence-electron chi connectivity index (χ4n) is 4.03. The summed E-state index contributed by atoms with van der Waals surface area (Å²) >= 11 is 5.91. The van der Waals surface area contributed by atoms with Crippen molar-refractivity contribution in [3.05, 3.63) is 60.2 Å². The third-order valence-corrected chi connectivity index (χ3v) is 6.49. The molecule has 4 rings (SSSR count). The SMILES string of the molecule is C=CC(=O)Nc1cc2c(Nc3ccc(F)c(Cl)c3)ncnc2cc1OCCCCN1CC(=O)OCC1(C)C. The number of carbonyl (C=O) groups excluding carboxylic acids is 2. The van der Waals surface area contributed by atoms with Gasteiger partial charge in [0, 0.05) is 17.1 Å². The molecule has 2 N–H and O–H groups in total. The maximum Gasteiger partial charge on any atom is 0.320 e. The number of hydrogen-bond donors (Lipinski definition) is 2. The van der Waals surface area contributed by atoms with Crippen LogP contribution in [-0.4, -0.2) is 58.6 Å². The number of esters is 1. The van der Waals surface area contributed by atoms with Crippen LogP contribution in [0.4, 0.5) is 21.6 Å². The van der Waals surface area contributed by atoms with Crippen LogP contribution in [0.1, 0.15) is 26.7 Å². The van der Waals surface area contributed by atoms with Gasteiger partial charge in [-0.1, -0.05) is 18.2 Å². The number of benzene rings is 2. The lowest BCUT2D eigenvalue weighted by Gasteiger charge is -2.41. The molecule has 0 atom stereocenters. The monoisotopic (exact) mass is 541 g/mol. The van der Waals surface area contributed by atoms with E-state index in [2.05, 4.69) is 45.9 Å². The standard InChI is InChI=1S/C27H29ClFN5O4/c1-4-24(35)33-22-12-18-21(30-16-31-26(18)32-17-7-8-20(29)19(28)11-17)13-23(22)37-10-6-5-9-34-14-25(36)38-15-27(34,2)3/h4,7-8,11-13,16H,1,5-6,9-10,14-15H2,2-3H3,(H,33,35)(H,30,31,32). The summed E-state index contributed by atoms with van der Waals surface area (Å²) in [6, 6.07) is 7.69. The fraction of sp³-hybridized carbons (Fsp3) is 0.333. The molecule has 38 heavy (non-hydrogen) atoms. The minimum absolute atomic E-state index is 0.0215. The number of aromatic nitrogens is 2. The summed E-state index contributed by atoms with van der Waals surface area (Å²) in [5.74, 6) is -0.240. The summed E-state index contributed by atoms with van der Waals surface area (Å²) < 4.78 is 24.8. The number of anilines is 3. The lowest BCUT2D eigenvalue weighted by Crippen LogP contribution is -2.54. The number of amides is 1. The van der Waals surface area contributed by atoms with Gasteiger partial charge >= 0.3 is 5.97 Å². The number of rotatable bonds is 10. The van der Waals surface area contributed by atoms with Crippen LogP contribution < -0.4 is 15.4 Å². The zero-order valence-corrected chi connectivity index (χ0v) is 22.0. The third kappa shape index (κ3) is 6.56. The van der Waals surface area contributed by atoms with Crippen molar-refractivity contribution in [3.63, 3.8) is 0 Å². The highest BCUT2D eigenvalue weighted by Crippen LogP contribution is 2.34. The number of unbranched alkanes of at least 4 members (excludes halogenated alkanes) is 1. The van der Waals surface area contributed by atoms with E-state index in [4.69, 9.17) is 21.1 Å². The summed E-state index contributed by atoms with van der Waals surface area (Å²) in [4.78, 5) is 34.6. The molecule has 2 heterocycles. The molecule has 0 spiro atoms. The van der Waals surface area contributed by atoms with Crippen molar-refractivity contribution >= 4 is 51.6 Å². The number of carbonyl (C=O) groups is 2. The second-order valence-electron chi connectivity index (χ2n) is 9.49. The molecule has 200 valence electrons. The van der Waals surface area contributed by atoms with Crippen molar-refractivity contribution in [1.29, 1.82) is 0 Å². The molecule has 11 heteroatoms. The van der Waals surface area contributed by atoms with Crippen molar-refractivity contribution in [1.82, 2.24) is 14.9 Å². The van der Waals surface area contributed by atoms with Gasteiger partial charge in [0.15, 0.2) is 0 Å². The topological polar surface area (TPSA) is 106 Å². The Bertz CT molecular complexity index is 1370. The van der Waals surface area contributed by atoms with Crippen LogP contribution in [0.2, 0.25) is 5.02 Å². The van der Waals surface area contributed by atoms with Gasteiger partial charge in [-0.05, 0) is 63.6 Å². The first-order valence-electron chi connectivity index (χ1n) is 12.1. The number of cyclic esters (lactones) is 1. The van der Waals surface area contributed by atoms with Crippen LogP contribution in [0.25, 0.3) is 10.9 Å².